The van der Waals surface area contributed by atoms with Crippen LogP contribution in [0.1, 0.15) is 53.0 Å². The average molecular weight is 465 g/mol. The number of carboxylic acid groups (broad SMARTS) is 1. The maximum Gasteiger partial charge on any atom is 0.307 e. The van der Waals surface area contributed by atoms with Crippen molar-refractivity contribution in [3.8, 4) is 11.5 Å². The van der Waals surface area contributed by atoms with E-state index in [4.69, 9.17) is 14.6 Å². The van der Waals surface area contributed by atoms with E-state index in [-0.39, 0.29) is 22.4 Å². The van der Waals surface area contributed by atoms with Crippen molar-refractivity contribution in [1.29, 1.82) is 0 Å². The van der Waals surface area contributed by atoms with Gasteiger partial charge in [0.15, 0.2) is 0 Å². The number of carboxylic acids is 1. The van der Waals surface area contributed by atoms with Crippen LogP contribution in [-0.2, 0) is 11.2 Å². The van der Waals surface area contributed by atoms with Crippen LogP contribution in [0.5, 0.6) is 11.5 Å². The molecule has 3 aromatic rings. The van der Waals surface area contributed by atoms with Gasteiger partial charge in [0.05, 0.1) is 36.4 Å². The summed E-state index contributed by atoms with van der Waals surface area (Å²) in [6.45, 7) is 4.54. The zero-order valence-corrected chi connectivity index (χ0v) is 18.9. The number of rotatable bonds is 9. The Bertz CT molecular complexity index is 1240. The van der Waals surface area contributed by atoms with Gasteiger partial charge in [0.25, 0.3) is 11.8 Å². The molecular weight excluding hydrogens is 441 g/mol. The summed E-state index contributed by atoms with van der Waals surface area (Å²) in [7, 11) is 0. The Hall–Kier alpha value is -3.94. The maximum absolute atomic E-state index is 14.6. The highest BCUT2D eigenvalue weighted by Crippen LogP contribution is 2.46. The van der Waals surface area contributed by atoms with Gasteiger partial charge in [-0.25, -0.2) is 9.29 Å². The predicted molar refractivity (Wildman–Crippen MR) is 124 cm³/mol. The summed E-state index contributed by atoms with van der Waals surface area (Å²) in [4.78, 5) is 39.0. The van der Waals surface area contributed by atoms with Crippen molar-refractivity contribution >= 4 is 34.2 Å². The molecule has 0 saturated heterocycles. The molecule has 2 amide bonds. The molecular formula is C26H24FNO6. The van der Waals surface area contributed by atoms with E-state index in [0.717, 1.165) is 11.0 Å². The van der Waals surface area contributed by atoms with Crippen molar-refractivity contribution in [3.05, 3.63) is 65.0 Å². The number of imide groups is 1. The summed E-state index contributed by atoms with van der Waals surface area (Å²) in [6, 6.07) is 10.9. The van der Waals surface area contributed by atoms with Gasteiger partial charge in [-0.1, -0.05) is 44.2 Å². The third kappa shape index (κ3) is 3.96. The van der Waals surface area contributed by atoms with Crippen LogP contribution in [0.3, 0.4) is 0 Å². The van der Waals surface area contributed by atoms with Crippen LogP contribution in [-0.4, -0.2) is 36.1 Å². The lowest BCUT2D eigenvalue weighted by Crippen LogP contribution is -2.29. The molecule has 176 valence electrons. The fraction of sp³-hybridized carbons (Fsp3) is 0.269. The molecule has 0 unspecified atom stereocenters. The van der Waals surface area contributed by atoms with E-state index in [2.05, 4.69) is 0 Å². The number of benzene rings is 3. The lowest BCUT2D eigenvalue weighted by atomic mass is 9.99. The van der Waals surface area contributed by atoms with Crippen molar-refractivity contribution < 1.29 is 33.4 Å². The third-order valence-electron chi connectivity index (χ3n) is 5.49. The molecule has 0 saturated carbocycles. The van der Waals surface area contributed by atoms with Gasteiger partial charge < -0.3 is 14.6 Å². The minimum atomic E-state index is -1.19. The first-order valence-corrected chi connectivity index (χ1v) is 11.1. The maximum atomic E-state index is 14.6. The van der Waals surface area contributed by atoms with Crippen molar-refractivity contribution in [2.24, 2.45) is 0 Å². The van der Waals surface area contributed by atoms with Crippen molar-refractivity contribution in [2.75, 3.05) is 18.1 Å². The van der Waals surface area contributed by atoms with E-state index in [1.165, 1.54) is 12.1 Å². The number of ether oxygens (including phenoxy) is 2. The normalized spacial score (nSPS) is 12.9. The standard InChI is InChI=1S/C26H24FNO6/c1-3-11-33-23-17-7-5-6-8-18(17)24(34-12-4-2)22-21(23)25(31)28(26(22)32)16-10-9-15(13-20(29)30)19(27)14-16/h5-10,14H,3-4,11-13H2,1-2H3,(H,29,30). The second kappa shape index (κ2) is 9.51. The van der Waals surface area contributed by atoms with Gasteiger partial charge >= 0.3 is 5.97 Å². The van der Waals surface area contributed by atoms with Crippen molar-refractivity contribution in [3.63, 3.8) is 0 Å². The molecule has 0 radical (unpaired) electrons. The van der Waals surface area contributed by atoms with E-state index < -0.39 is 30.0 Å². The Balaban J connectivity index is 1.91. The number of hydrogen-bond donors (Lipinski definition) is 1. The molecule has 1 heterocycles. The van der Waals surface area contributed by atoms with Crippen molar-refractivity contribution in [2.45, 2.75) is 33.1 Å². The van der Waals surface area contributed by atoms with Gasteiger partial charge in [0.2, 0.25) is 0 Å². The zero-order valence-electron chi connectivity index (χ0n) is 18.9. The Kier molecular flexibility index (Phi) is 6.49. The molecule has 0 spiro atoms. The quantitative estimate of drug-likeness (QED) is 0.448. The van der Waals surface area contributed by atoms with Gasteiger partial charge in [0.1, 0.15) is 17.3 Å². The van der Waals surface area contributed by atoms with E-state index in [9.17, 15) is 18.8 Å². The number of nitrogens with zero attached hydrogens (tertiary/aromatic N) is 1. The van der Waals surface area contributed by atoms with Crippen LogP contribution in [0.15, 0.2) is 42.5 Å². The van der Waals surface area contributed by atoms with E-state index in [1.807, 2.05) is 26.0 Å². The number of carbonyl (C=O) groups excluding carboxylic acids is 2. The highest BCUT2D eigenvalue weighted by atomic mass is 19.1. The average Bonchev–Trinajstić information content (AvgIpc) is 3.07. The van der Waals surface area contributed by atoms with Gasteiger partial charge in [-0.05, 0) is 30.5 Å². The Morgan fingerprint density at radius 3 is 1.88 bits per heavy atom. The van der Waals surface area contributed by atoms with E-state index in [1.54, 1.807) is 12.1 Å². The second-order valence-electron chi connectivity index (χ2n) is 7.94. The molecule has 0 bridgehead atoms. The second-order valence-corrected chi connectivity index (χ2v) is 7.94. The molecule has 34 heavy (non-hydrogen) atoms. The van der Waals surface area contributed by atoms with E-state index in [0.29, 0.717) is 48.3 Å². The Labute approximate surface area is 195 Å². The first-order chi connectivity index (χ1) is 16.4. The molecule has 0 aromatic heterocycles. The first kappa shape index (κ1) is 23.2. The number of aliphatic carboxylic acids is 1. The molecule has 8 heteroatoms. The Morgan fingerprint density at radius 2 is 1.44 bits per heavy atom. The molecule has 0 fully saturated rings. The molecule has 0 aliphatic carbocycles. The van der Waals surface area contributed by atoms with Gasteiger partial charge in [0, 0.05) is 10.8 Å². The summed E-state index contributed by atoms with van der Waals surface area (Å²) in [5.74, 6) is -2.71. The number of anilines is 1. The topological polar surface area (TPSA) is 93.1 Å². The summed E-state index contributed by atoms with van der Waals surface area (Å²) in [6.07, 6.45) is 0.877. The highest BCUT2D eigenvalue weighted by molar-refractivity contribution is 6.38. The molecule has 3 aromatic carbocycles. The monoisotopic (exact) mass is 465 g/mol. The van der Waals surface area contributed by atoms with Crippen LogP contribution in [0.4, 0.5) is 10.1 Å². The van der Waals surface area contributed by atoms with Gasteiger partial charge in [-0.2, -0.15) is 0 Å². The third-order valence-corrected chi connectivity index (χ3v) is 5.49. The number of amides is 2. The lowest BCUT2D eigenvalue weighted by Gasteiger charge is -2.16. The number of halogens is 1. The Morgan fingerprint density at radius 1 is 0.912 bits per heavy atom. The summed E-state index contributed by atoms with van der Waals surface area (Å²) in [5.41, 5.74) is 0.124. The zero-order chi connectivity index (χ0) is 24.4. The van der Waals surface area contributed by atoms with Gasteiger partial charge in [-0.3, -0.25) is 14.4 Å². The SMILES string of the molecule is CCCOc1c2c(c(OCCC)c3ccccc13)C(=O)N(c1ccc(CC(=O)O)c(F)c1)C2=O. The molecule has 7 nitrogen and oxygen atoms in total. The van der Waals surface area contributed by atoms with E-state index >= 15 is 0 Å². The fourth-order valence-electron chi connectivity index (χ4n) is 4.02. The smallest absolute Gasteiger partial charge is 0.307 e. The van der Waals surface area contributed by atoms with Crippen LogP contribution in [0, 0.1) is 5.82 Å². The summed E-state index contributed by atoms with van der Waals surface area (Å²) >= 11 is 0. The number of hydrogen-bond acceptors (Lipinski definition) is 5. The number of fused-ring (bicyclic) bond motifs is 2. The van der Waals surface area contributed by atoms with Crippen LogP contribution in [0.25, 0.3) is 10.8 Å². The minimum absolute atomic E-state index is 0.00442. The van der Waals surface area contributed by atoms with Crippen molar-refractivity contribution in [1.82, 2.24) is 0 Å². The first-order valence-electron chi connectivity index (χ1n) is 11.1. The molecule has 0 atom stereocenters. The fourth-order valence-corrected chi connectivity index (χ4v) is 4.02. The highest BCUT2D eigenvalue weighted by Gasteiger charge is 2.43. The predicted octanol–water partition coefficient (Wildman–Crippen LogP) is 4.98. The molecule has 1 aliphatic rings. The summed E-state index contributed by atoms with van der Waals surface area (Å²) in [5, 5.41) is 10.2. The van der Waals surface area contributed by atoms with Crippen LogP contribution in [0.2, 0.25) is 0 Å². The van der Waals surface area contributed by atoms with Crippen LogP contribution >= 0.6 is 0 Å². The molecule has 4 rings (SSSR count). The minimum Gasteiger partial charge on any atom is -0.492 e. The molecule has 1 aliphatic heterocycles. The van der Waals surface area contributed by atoms with Crippen LogP contribution < -0.4 is 14.4 Å². The largest absolute Gasteiger partial charge is 0.492 e. The number of carbonyl (C=O) groups is 3. The van der Waals surface area contributed by atoms with Gasteiger partial charge in [-0.15, -0.1) is 0 Å². The lowest BCUT2D eigenvalue weighted by molar-refractivity contribution is -0.136. The summed E-state index contributed by atoms with van der Waals surface area (Å²) < 4.78 is 26.5. The molecule has 1 N–H and O–H groups in total.